The van der Waals surface area contributed by atoms with Gasteiger partial charge in [0.15, 0.2) is 5.92 Å². The molecule has 0 amide bonds. The number of carbonyl (C=O) groups excluding carboxylic acids is 2. The normalized spacial score (nSPS) is 15.6. The maximum atomic E-state index is 12.2. The Balaban J connectivity index is 2.47. The number of ether oxygens (including phenoxy) is 2. The summed E-state index contributed by atoms with van der Waals surface area (Å²) in [6.45, 7) is 4.90. The SMILES string of the molecule is CCCCOC(=O)C(CCC1CCCCC1)C(=O)OCCCC. The molecule has 0 aliphatic heterocycles. The molecule has 1 aliphatic rings. The predicted octanol–water partition coefficient (Wildman–Crippen LogP) is 4.65. The molecule has 1 fully saturated rings. The number of carbonyl (C=O) groups is 2. The fraction of sp³-hybridized carbons (Fsp3) is 0.895. The molecule has 0 aromatic rings. The molecule has 1 saturated carbocycles. The summed E-state index contributed by atoms with van der Waals surface area (Å²) in [5.41, 5.74) is 0. The summed E-state index contributed by atoms with van der Waals surface area (Å²) in [5.74, 6) is -0.865. The number of rotatable bonds is 11. The molecule has 0 unspecified atom stereocenters. The molecular formula is C19H34O4. The Morgan fingerprint density at radius 3 is 1.91 bits per heavy atom. The molecule has 0 bridgehead atoms. The zero-order valence-electron chi connectivity index (χ0n) is 15.0. The van der Waals surface area contributed by atoms with Gasteiger partial charge in [-0.25, -0.2) is 0 Å². The predicted molar refractivity (Wildman–Crippen MR) is 91.0 cm³/mol. The molecule has 0 aromatic carbocycles. The van der Waals surface area contributed by atoms with Crippen LogP contribution in [0.3, 0.4) is 0 Å². The van der Waals surface area contributed by atoms with Crippen molar-refractivity contribution in [2.45, 2.75) is 84.5 Å². The van der Waals surface area contributed by atoms with Gasteiger partial charge in [0.25, 0.3) is 0 Å². The van der Waals surface area contributed by atoms with E-state index in [1.807, 2.05) is 13.8 Å². The lowest BCUT2D eigenvalue weighted by Crippen LogP contribution is -2.29. The summed E-state index contributed by atoms with van der Waals surface area (Å²) in [6.07, 6.45) is 11.4. The van der Waals surface area contributed by atoms with Crippen molar-refractivity contribution >= 4 is 11.9 Å². The molecule has 0 saturated heterocycles. The fourth-order valence-electron chi connectivity index (χ4n) is 3.05. The van der Waals surface area contributed by atoms with Crippen molar-refractivity contribution in [2.75, 3.05) is 13.2 Å². The first-order valence-electron chi connectivity index (χ1n) is 9.52. The van der Waals surface area contributed by atoms with Crippen molar-refractivity contribution in [3.63, 3.8) is 0 Å². The average molecular weight is 326 g/mol. The molecule has 1 rings (SSSR count). The molecule has 4 heteroatoms. The topological polar surface area (TPSA) is 52.6 Å². The van der Waals surface area contributed by atoms with E-state index in [-0.39, 0.29) is 0 Å². The first-order valence-corrected chi connectivity index (χ1v) is 9.52. The molecule has 0 N–H and O–H groups in total. The second kappa shape index (κ2) is 12.4. The van der Waals surface area contributed by atoms with Crippen LogP contribution in [0.25, 0.3) is 0 Å². The van der Waals surface area contributed by atoms with Crippen LogP contribution in [0.4, 0.5) is 0 Å². The first-order chi connectivity index (χ1) is 11.2. The van der Waals surface area contributed by atoms with E-state index in [9.17, 15) is 9.59 Å². The summed E-state index contributed by atoms with van der Waals surface area (Å²) < 4.78 is 10.5. The monoisotopic (exact) mass is 326 g/mol. The number of hydrogen-bond acceptors (Lipinski definition) is 4. The van der Waals surface area contributed by atoms with Crippen LogP contribution in [0.15, 0.2) is 0 Å². The number of unbranched alkanes of at least 4 members (excludes halogenated alkanes) is 2. The van der Waals surface area contributed by atoms with Crippen LogP contribution >= 0.6 is 0 Å². The Bertz CT molecular complexity index is 312. The largest absolute Gasteiger partial charge is 0.465 e. The van der Waals surface area contributed by atoms with Gasteiger partial charge >= 0.3 is 11.9 Å². The number of esters is 2. The van der Waals surface area contributed by atoms with Crippen LogP contribution in [-0.2, 0) is 19.1 Å². The van der Waals surface area contributed by atoms with Crippen LogP contribution in [-0.4, -0.2) is 25.2 Å². The van der Waals surface area contributed by atoms with Gasteiger partial charge in [-0.3, -0.25) is 9.59 Å². The molecule has 1 aliphatic carbocycles. The van der Waals surface area contributed by atoms with Crippen molar-refractivity contribution in [3.05, 3.63) is 0 Å². The minimum atomic E-state index is -0.731. The maximum absolute atomic E-state index is 12.2. The molecule has 0 radical (unpaired) electrons. The van der Waals surface area contributed by atoms with Gasteiger partial charge in [-0.15, -0.1) is 0 Å². The zero-order chi connectivity index (χ0) is 16.9. The summed E-state index contributed by atoms with van der Waals surface area (Å²) >= 11 is 0. The second-order valence-corrected chi connectivity index (χ2v) is 6.68. The van der Waals surface area contributed by atoms with Gasteiger partial charge in [0.05, 0.1) is 13.2 Å². The van der Waals surface area contributed by atoms with Crippen LogP contribution in [0.2, 0.25) is 0 Å². The van der Waals surface area contributed by atoms with Crippen LogP contribution in [0.5, 0.6) is 0 Å². The van der Waals surface area contributed by atoms with E-state index in [1.54, 1.807) is 0 Å². The van der Waals surface area contributed by atoms with Gasteiger partial charge in [-0.05, 0) is 31.6 Å². The lowest BCUT2D eigenvalue weighted by molar-refractivity contribution is -0.162. The highest BCUT2D eigenvalue weighted by Gasteiger charge is 2.30. The average Bonchev–Trinajstić information content (AvgIpc) is 2.56. The highest BCUT2D eigenvalue weighted by molar-refractivity contribution is 5.94. The Morgan fingerprint density at radius 1 is 0.913 bits per heavy atom. The third kappa shape index (κ3) is 8.38. The Labute approximate surface area is 141 Å². The molecule has 4 nitrogen and oxygen atoms in total. The molecule has 0 spiro atoms. The lowest BCUT2D eigenvalue weighted by Gasteiger charge is -2.23. The van der Waals surface area contributed by atoms with Crippen molar-refractivity contribution in [2.24, 2.45) is 11.8 Å². The smallest absolute Gasteiger partial charge is 0.320 e. The minimum Gasteiger partial charge on any atom is -0.465 e. The number of hydrogen-bond donors (Lipinski definition) is 0. The summed E-state index contributed by atoms with van der Waals surface area (Å²) in [4.78, 5) is 24.5. The van der Waals surface area contributed by atoms with Crippen molar-refractivity contribution in [3.8, 4) is 0 Å². The summed E-state index contributed by atoms with van der Waals surface area (Å²) in [6, 6.07) is 0. The fourth-order valence-corrected chi connectivity index (χ4v) is 3.05. The third-order valence-electron chi connectivity index (χ3n) is 4.64. The van der Waals surface area contributed by atoms with E-state index >= 15 is 0 Å². The van der Waals surface area contributed by atoms with Gasteiger partial charge in [-0.2, -0.15) is 0 Å². The molecule has 0 aromatic heterocycles. The third-order valence-corrected chi connectivity index (χ3v) is 4.64. The molecule has 134 valence electrons. The van der Waals surface area contributed by atoms with Crippen molar-refractivity contribution in [1.82, 2.24) is 0 Å². The van der Waals surface area contributed by atoms with Gasteiger partial charge < -0.3 is 9.47 Å². The first kappa shape index (κ1) is 20.0. The quantitative estimate of drug-likeness (QED) is 0.315. The van der Waals surface area contributed by atoms with Crippen molar-refractivity contribution in [1.29, 1.82) is 0 Å². The van der Waals surface area contributed by atoms with E-state index in [4.69, 9.17) is 9.47 Å². The standard InChI is InChI=1S/C19H34O4/c1-3-5-14-22-18(20)17(19(21)23-15-6-4-2)13-12-16-10-8-7-9-11-16/h16-17H,3-15H2,1-2H3. The zero-order valence-corrected chi connectivity index (χ0v) is 15.0. The highest BCUT2D eigenvalue weighted by atomic mass is 16.6. The maximum Gasteiger partial charge on any atom is 0.320 e. The summed E-state index contributed by atoms with van der Waals surface area (Å²) in [5, 5.41) is 0. The van der Waals surface area contributed by atoms with E-state index < -0.39 is 17.9 Å². The Morgan fingerprint density at radius 2 is 1.43 bits per heavy atom. The lowest BCUT2D eigenvalue weighted by atomic mass is 9.84. The molecule has 23 heavy (non-hydrogen) atoms. The molecular weight excluding hydrogens is 292 g/mol. The van der Waals surface area contributed by atoms with E-state index in [2.05, 4.69) is 0 Å². The molecule has 0 heterocycles. The van der Waals surface area contributed by atoms with Gasteiger partial charge in [0, 0.05) is 0 Å². The van der Waals surface area contributed by atoms with E-state index in [1.165, 1.54) is 32.1 Å². The van der Waals surface area contributed by atoms with Crippen molar-refractivity contribution < 1.29 is 19.1 Å². The van der Waals surface area contributed by atoms with Crippen LogP contribution < -0.4 is 0 Å². The minimum absolute atomic E-state index is 0.393. The van der Waals surface area contributed by atoms with E-state index in [0.29, 0.717) is 25.6 Å². The second-order valence-electron chi connectivity index (χ2n) is 6.68. The van der Waals surface area contributed by atoms with Gasteiger partial charge in [0.1, 0.15) is 0 Å². The van der Waals surface area contributed by atoms with Crippen LogP contribution in [0, 0.1) is 11.8 Å². The summed E-state index contributed by atoms with van der Waals surface area (Å²) in [7, 11) is 0. The van der Waals surface area contributed by atoms with Gasteiger partial charge in [0.2, 0.25) is 0 Å². The van der Waals surface area contributed by atoms with Gasteiger partial charge in [-0.1, -0.05) is 58.8 Å². The highest BCUT2D eigenvalue weighted by Crippen LogP contribution is 2.29. The van der Waals surface area contributed by atoms with Crippen LogP contribution in [0.1, 0.15) is 84.5 Å². The van der Waals surface area contributed by atoms with E-state index in [0.717, 1.165) is 32.1 Å². The Kier molecular flexibility index (Phi) is 10.8. The molecule has 0 atom stereocenters. The Hall–Kier alpha value is -1.06.